The van der Waals surface area contributed by atoms with E-state index in [0.717, 1.165) is 19.3 Å². The minimum Gasteiger partial charge on any atom is -0.481 e. The number of benzene rings is 1. The number of hydrogen-bond acceptors (Lipinski definition) is 2. The van der Waals surface area contributed by atoms with E-state index in [9.17, 15) is 4.79 Å². The van der Waals surface area contributed by atoms with Crippen LogP contribution in [-0.4, -0.2) is 24.2 Å². The first-order chi connectivity index (χ1) is 8.11. The second-order valence-corrected chi connectivity index (χ2v) is 4.72. The van der Waals surface area contributed by atoms with Crippen LogP contribution in [0.1, 0.15) is 30.9 Å². The number of carboxylic acid groups (broad SMARTS) is 1. The van der Waals surface area contributed by atoms with Crippen LogP contribution < -0.4 is 4.90 Å². The van der Waals surface area contributed by atoms with Gasteiger partial charge in [0.15, 0.2) is 0 Å². The Kier molecular flexibility index (Phi) is 3.36. The second-order valence-electron chi connectivity index (χ2n) is 4.72. The summed E-state index contributed by atoms with van der Waals surface area (Å²) in [5.41, 5.74) is 3.90. The predicted octanol–water partition coefficient (Wildman–Crippen LogP) is 2.47. The maximum Gasteiger partial charge on any atom is 0.305 e. The van der Waals surface area contributed by atoms with Crippen molar-refractivity contribution in [3.05, 3.63) is 29.3 Å². The van der Waals surface area contributed by atoms with Crippen LogP contribution in [0.2, 0.25) is 0 Å². The van der Waals surface area contributed by atoms with E-state index in [-0.39, 0.29) is 12.5 Å². The third-order valence-corrected chi connectivity index (χ3v) is 3.64. The average molecular weight is 233 g/mol. The molecule has 0 amide bonds. The fourth-order valence-electron chi connectivity index (χ4n) is 2.56. The molecule has 1 aliphatic heterocycles. The number of fused-ring (bicyclic) bond motifs is 1. The highest BCUT2D eigenvalue weighted by molar-refractivity contribution is 5.69. The summed E-state index contributed by atoms with van der Waals surface area (Å²) >= 11 is 0. The molecular formula is C14H19NO2. The smallest absolute Gasteiger partial charge is 0.305 e. The molecule has 1 aromatic carbocycles. The molecule has 0 radical (unpaired) electrons. The normalized spacial score (nSPS) is 18.9. The van der Waals surface area contributed by atoms with Crippen LogP contribution in [0.15, 0.2) is 18.2 Å². The van der Waals surface area contributed by atoms with Crippen LogP contribution in [-0.2, 0) is 17.6 Å². The Hall–Kier alpha value is -1.51. The molecule has 0 bridgehead atoms. The van der Waals surface area contributed by atoms with E-state index in [2.05, 4.69) is 30.0 Å². The molecule has 3 heteroatoms. The van der Waals surface area contributed by atoms with Crippen molar-refractivity contribution in [1.29, 1.82) is 0 Å². The Balaban J connectivity index is 2.23. The SMILES string of the molecule is CCc1ccc2c(c1)CCC(CC(=O)O)N2C. The van der Waals surface area contributed by atoms with Gasteiger partial charge in [-0.1, -0.05) is 19.1 Å². The maximum atomic E-state index is 10.8. The van der Waals surface area contributed by atoms with Gasteiger partial charge >= 0.3 is 5.97 Å². The molecule has 2 rings (SSSR count). The summed E-state index contributed by atoms with van der Waals surface area (Å²) < 4.78 is 0. The molecule has 0 aliphatic carbocycles. The number of nitrogens with zero attached hydrogens (tertiary/aromatic N) is 1. The van der Waals surface area contributed by atoms with Gasteiger partial charge in [-0.25, -0.2) is 0 Å². The molecule has 1 aromatic rings. The molecule has 0 saturated heterocycles. The van der Waals surface area contributed by atoms with Crippen LogP contribution in [0.5, 0.6) is 0 Å². The van der Waals surface area contributed by atoms with Crippen molar-refractivity contribution >= 4 is 11.7 Å². The number of hydrogen-bond donors (Lipinski definition) is 1. The summed E-state index contributed by atoms with van der Waals surface area (Å²) in [6.07, 6.45) is 3.20. The van der Waals surface area contributed by atoms with Gasteiger partial charge in [0.05, 0.1) is 6.42 Å². The summed E-state index contributed by atoms with van der Waals surface area (Å²) in [6, 6.07) is 6.65. The van der Waals surface area contributed by atoms with Gasteiger partial charge in [-0.15, -0.1) is 0 Å². The summed E-state index contributed by atoms with van der Waals surface area (Å²) in [4.78, 5) is 12.9. The zero-order valence-electron chi connectivity index (χ0n) is 10.4. The standard InChI is InChI=1S/C14H19NO2/c1-3-10-4-7-13-11(8-10)5-6-12(15(13)2)9-14(16)17/h4,7-8,12H,3,5-6,9H2,1-2H3,(H,16,17). The van der Waals surface area contributed by atoms with Gasteiger partial charge in [0.1, 0.15) is 0 Å². The van der Waals surface area contributed by atoms with Crippen LogP contribution in [0.4, 0.5) is 5.69 Å². The molecule has 0 saturated carbocycles. The first kappa shape index (κ1) is 12.0. The molecule has 1 heterocycles. The van der Waals surface area contributed by atoms with E-state index >= 15 is 0 Å². The quantitative estimate of drug-likeness (QED) is 0.872. The fourth-order valence-corrected chi connectivity index (χ4v) is 2.56. The van der Waals surface area contributed by atoms with Gasteiger partial charge in [-0.3, -0.25) is 4.79 Å². The van der Waals surface area contributed by atoms with E-state index in [1.807, 2.05) is 7.05 Å². The monoisotopic (exact) mass is 233 g/mol. The fraction of sp³-hybridized carbons (Fsp3) is 0.500. The lowest BCUT2D eigenvalue weighted by molar-refractivity contribution is -0.137. The summed E-state index contributed by atoms with van der Waals surface area (Å²) in [5, 5.41) is 8.89. The Morgan fingerprint density at radius 1 is 1.53 bits per heavy atom. The number of aryl methyl sites for hydroxylation is 2. The molecular weight excluding hydrogens is 214 g/mol. The van der Waals surface area contributed by atoms with Crippen LogP contribution in [0, 0.1) is 0 Å². The van der Waals surface area contributed by atoms with E-state index < -0.39 is 5.97 Å². The molecule has 1 atom stereocenters. The van der Waals surface area contributed by atoms with Crippen molar-refractivity contribution in [3.63, 3.8) is 0 Å². The third kappa shape index (κ3) is 2.43. The molecule has 92 valence electrons. The lowest BCUT2D eigenvalue weighted by Crippen LogP contribution is -2.37. The van der Waals surface area contributed by atoms with Gasteiger partial charge in [-0.2, -0.15) is 0 Å². The highest BCUT2D eigenvalue weighted by Gasteiger charge is 2.25. The first-order valence-electron chi connectivity index (χ1n) is 6.18. The van der Waals surface area contributed by atoms with Gasteiger partial charge < -0.3 is 10.0 Å². The van der Waals surface area contributed by atoms with Gasteiger partial charge in [0.2, 0.25) is 0 Å². The highest BCUT2D eigenvalue weighted by Crippen LogP contribution is 2.31. The largest absolute Gasteiger partial charge is 0.481 e. The third-order valence-electron chi connectivity index (χ3n) is 3.64. The van der Waals surface area contributed by atoms with Crippen LogP contribution in [0.25, 0.3) is 0 Å². The summed E-state index contributed by atoms with van der Waals surface area (Å²) in [5.74, 6) is -0.713. The molecule has 1 N–H and O–H groups in total. The van der Waals surface area contributed by atoms with Gasteiger partial charge in [0.25, 0.3) is 0 Å². The Morgan fingerprint density at radius 3 is 2.94 bits per heavy atom. The van der Waals surface area contributed by atoms with E-state index in [0.29, 0.717) is 0 Å². The number of carbonyl (C=O) groups is 1. The molecule has 17 heavy (non-hydrogen) atoms. The zero-order chi connectivity index (χ0) is 12.4. The maximum absolute atomic E-state index is 10.8. The van der Waals surface area contributed by atoms with E-state index in [1.165, 1.54) is 16.8 Å². The lowest BCUT2D eigenvalue weighted by atomic mass is 9.93. The zero-order valence-corrected chi connectivity index (χ0v) is 10.4. The minimum atomic E-state index is -0.713. The van der Waals surface area contributed by atoms with Crippen LogP contribution in [0.3, 0.4) is 0 Å². The number of anilines is 1. The lowest BCUT2D eigenvalue weighted by Gasteiger charge is -2.35. The number of carboxylic acids is 1. The average Bonchev–Trinajstić information content (AvgIpc) is 2.32. The van der Waals surface area contributed by atoms with E-state index in [1.54, 1.807) is 0 Å². The van der Waals surface area contributed by atoms with Crippen LogP contribution >= 0.6 is 0 Å². The molecule has 1 aliphatic rings. The molecule has 1 unspecified atom stereocenters. The second kappa shape index (κ2) is 4.78. The topological polar surface area (TPSA) is 40.5 Å². The van der Waals surface area contributed by atoms with Crippen molar-refractivity contribution in [3.8, 4) is 0 Å². The highest BCUT2D eigenvalue weighted by atomic mass is 16.4. The van der Waals surface area contributed by atoms with Crippen molar-refractivity contribution in [2.75, 3.05) is 11.9 Å². The Labute approximate surface area is 102 Å². The minimum absolute atomic E-state index is 0.132. The molecule has 0 aromatic heterocycles. The number of aliphatic carboxylic acids is 1. The predicted molar refractivity (Wildman–Crippen MR) is 68.6 cm³/mol. The molecule has 0 fully saturated rings. The van der Waals surface area contributed by atoms with E-state index in [4.69, 9.17) is 5.11 Å². The molecule has 0 spiro atoms. The van der Waals surface area contributed by atoms with Gasteiger partial charge in [0, 0.05) is 18.8 Å². The van der Waals surface area contributed by atoms with Crippen molar-refractivity contribution in [2.45, 2.75) is 38.6 Å². The summed E-state index contributed by atoms with van der Waals surface area (Å²) in [6.45, 7) is 2.15. The van der Waals surface area contributed by atoms with Gasteiger partial charge in [-0.05, 0) is 36.5 Å². The number of rotatable bonds is 3. The molecule has 3 nitrogen and oxygen atoms in total. The first-order valence-corrected chi connectivity index (χ1v) is 6.18. The van der Waals surface area contributed by atoms with Crippen molar-refractivity contribution in [1.82, 2.24) is 0 Å². The van der Waals surface area contributed by atoms with Crippen molar-refractivity contribution in [2.24, 2.45) is 0 Å². The summed E-state index contributed by atoms with van der Waals surface area (Å²) in [7, 11) is 2.00. The van der Waals surface area contributed by atoms with Crippen molar-refractivity contribution < 1.29 is 9.90 Å². The Morgan fingerprint density at radius 2 is 2.29 bits per heavy atom. The Bertz CT molecular complexity index is 428.